The zero-order chi connectivity index (χ0) is 14.8. The zero-order valence-electron chi connectivity index (χ0n) is 11.9. The van der Waals surface area contributed by atoms with Gasteiger partial charge in [-0.2, -0.15) is 0 Å². The highest BCUT2D eigenvalue weighted by Gasteiger charge is 2.12. The fraction of sp³-hybridized carbons (Fsp3) is 0.188. The monoisotopic (exact) mass is 280 g/mol. The molecule has 0 aliphatic heterocycles. The Hall–Kier alpha value is -2.53. The predicted octanol–water partition coefficient (Wildman–Crippen LogP) is 2.39. The van der Waals surface area contributed by atoms with E-state index in [-0.39, 0.29) is 6.04 Å². The SMILES string of the molecule is COc1cc(C(N)c2ccc3nc(C)ccc3c2)ncn1. The van der Waals surface area contributed by atoms with Crippen molar-refractivity contribution in [2.45, 2.75) is 13.0 Å². The summed E-state index contributed by atoms with van der Waals surface area (Å²) >= 11 is 0. The molecule has 0 amide bonds. The third kappa shape index (κ3) is 2.68. The van der Waals surface area contributed by atoms with E-state index in [0.29, 0.717) is 5.88 Å². The van der Waals surface area contributed by atoms with E-state index in [9.17, 15) is 0 Å². The van der Waals surface area contributed by atoms with Crippen molar-refractivity contribution in [1.29, 1.82) is 0 Å². The number of methoxy groups -OCH3 is 1. The highest BCUT2D eigenvalue weighted by Crippen LogP contribution is 2.23. The number of nitrogens with zero attached hydrogens (tertiary/aromatic N) is 3. The molecule has 0 radical (unpaired) electrons. The summed E-state index contributed by atoms with van der Waals surface area (Å²) in [6.07, 6.45) is 1.46. The van der Waals surface area contributed by atoms with Crippen molar-refractivity contribution >= 4 is 10.9 Å². The van der Waals surface area contributed by atoms with Gasteiger partial charge in [-0.15, -0.1) is 0 Å². The van der Waals surface area contributed by atoms with Crippen LogP contribution in [0.2, 0.25) is 0 Å². The first-order valence-corrected chi connectivity index (χ1v) is 6.66. The van der Waals surface area contributed by atoms with Gasteiger partial charge in [-0.3, -0.25) is 4.98 Å². The summed E-state index contributed by atoms with van der Waals surface area (Å²) in [4.78, 5) is 12.7. The van der Waals surface area contributed by atoms with Crippen molar-refractivity contribution in [3.63, 3.8) is 0 Å². The zero-order valence-corrected chi connectivity index (χ0v) is 11.9. The number of fused-ring (bicyclic) bond motifs is 1. The first-order chi connectivity index (χ1) is 10.2. The molecule has 3 rings (SSSR count). The van der Waals surface area contributed by atoms with E-state index in [4.69, 9.17) is 10.5 Å². The summed E-state index contributed by atoms with van der Waals surface area (Å²) in [7, 11) is 1.57. The average molecular weight is 280 g/mol. The number of rotatable bonds is 3. The molecule has 2 aromatic heterocycles. The molecule has 5 nitrogen and oxygen atoms in total. The Morgan fingerprint density at radius 3 is 2.76 bits per heavy atom. The number of ether oxygens (including phenoxy) is 1. The van der Waals surface area contributed by atoms with Crippen LogP contribution >= 0.6 is 0 Å². The number of aryl methyl sites for hydroxylation is 1. The minimum Gasteiger partial charge on any atom is -0.481 e. The van der Waals surface area contributed by atoms with Gasteiger partial charge in [0, 0.05) is 17.1 Å². The van der Waals surface area contributed by atoms with E-state index >= 15 is 0 Å². The van der Waals surface area contributed by atoms with Crippen LogP contribution in [0.4, 0.5) is 0 Å². The molecule has 1 unspecified atom stereocenters. The van der Waals surface area contributed by atoms with E-state index in [0.717, 1.165) is 27.9 Å². The maximum Gasteiger partial charge on any atom is 0.216 e. The molecule has 0 fully saturated rings. The van der Waals surface area contributed by atoms with Gasteiger partial charge in [0.1, 0.15) is 6.33 Å². The van der Waals surface area contributed by atoms with E-state index < -0.39 is 0 Å². The second-order valence-corrected chi connectivity index (χ2v) is 4.87. The van der Waals surface area contributed by atoms with Crippen LogP contribution in [0.15, 0.2) is 42.7 Å². The third-order valence-electron chi connectivity index (χ3n) is 3.40. The number of hydrogen-bond acceptors (Lipinski definition) is 5. The molecule has 2 heterocycles. The van der Waals surface area contributed by atoms with Crippen LogP contribution in [-0.2, 0) is 0 Å². The number of aromatic nitrogens is 3. The van der Waals surface area contributed by atoms with Gasteiger partial charge in [0.05, 0.1) is 24.4 Å². The molecule has 5 heteroatoms. The van der Waals surface area contributed by atoms with Gasteiger partial charge in [-0.05, 0) is 30.7 Å². The lowest BCUT2D eigenvalue weighted by Crippen LogP contribution is -2.14. The van der Waals surface area contributed by atoms with Crippen LogP contribution < -0.4 is 10.5 Å². The summed E-state index contributed by atoms with van der Waals surface area (Å²) in [6.45, 7) is 1.98. The van der Waals surface area contributed by atoms with Crippen molar-refractivity contribution in [3.05, 3.63) is 59.7 Å². The summed E-state index contributed by atoms with van der Waals surface area (Å²) in [6, 6.07) is 11.5. The van der Waals surface area contributed by atoms with Gasteiger partial charge >= 0.3 is 0 Å². The lowest BCUT2D eigenvalue weighted by molar-refractivity contribution is 0.395. The van der Waals surface area contributed by atoms with Crippen LogP contribution in [0.5, 0.6) is 5.88 Å². The molecule has 0 aliphatic carbocycles. The predicted molar refractivity (Wildman–Crippen MR) is 81.1 cm³/mol. The lowest BCUT2D eigenvalue weighted by atomic mass is 10.0. The van der Waals surface area contributed by atoms with Crippen molar-refractivity contribution in [1.82, 2.24) is 15.0 Å². The lowest BCUT2D eigenvalue weighted by Gasteiger charge is -2.13. The topological polar surface area (TPSA) is 73.9 Å². The van der Waals surface area contributed by atoms with Gasteiger partial charge in [0.2, 0.25) is 5.88 Å². The highest BCUT2D eigenvalue weighted by molar-refractivity contribution is 5.79. The maximum absolute atomic E-state index is 6.29. The normalized spacial score (nSPS) is 12.3. The number of hydrogen-bond donors (Lipinski definition) is 1. The Balaban J connectivity index is 2.00. The van der Waals surface area contributed by atoms with Gasteiger partial charge in [-0.25, -0.2) is 9.97 Å². The molecule has 3 aromatic rings. The minimum absolute atomic E-state index is 0.326. The van der Waals surface area contributed by atoms with Gasteiger partial charge in [-0.1, -0.05) is 12.1 Å². The molecule has 1 atom stereocenters. The number of pyridine rings is 1. The number of nitrogens with two attached hydrogens (primary N) is 1. The second-order valence-electron chi connectivity index (χ2n) is 4.87. The smallest absolute Gasteiger partial charge is 0.216 e. The maximum atomic E-state index is 6.29. The molecule has 106 valence electrons. The first-order valence-electron chi connectivity index (χ1n) is 6.66. The Bertz CT molecular complexity index is 788. The third-order valence-corrected chi connectivity index (χ3v) is 3.40. The van der Waals surface area contributed by atoms with Crippen LogP contribution in [0.25, 0.3) is 10.9 Å². The fourth-order valence-electron chi connectivity index (χ4n) is 2.25. The molecular formula is C16H16N4O. The van der Waals surface area contributed by atoms with E-state index in [1.54, 1.807) is 13.2 Å². The molecule has 0 bridgehead atoms. The highest BCUT2D eigenvalue weighted by atomic mass is 16.5. The van der Waals surface area contributed by atoms with Gasteiger partial charge < -0.3 is 10.5 Å². The Morgan fingerprint density at radius 2 is 1.95 bits per heavy atom. The van der Waals surface area contributed by atoms with Crippen molar-refractivity contribution in [3.8, 4) is 5.88 Å². The van der Waals surface area contributed by atoms with Crippen molar-refractivity contribution < 1.29 is 4.74 Å². The summed E-state index contributed by atoms with van der Waals surface area (Å²) in [5, 5.41) is 1.06. The molecule has 0 saturated heterocycles. The van der Waals surface area contributed by atoms with E-state index in [1.165, 1.54) is 6.33 Å². The molecule has 1 aromatic carbocycles. The second kappa shape index (κ2) is 5.46. The van der Waals surface area contributed by atoms with Crippen LogP contribution in [0.1, 0.15) is 23.0 Å². The Kier molecular flexibility index (Phi) is 3.50. The summed E-state index contributed by atoms with van der Waals surface area (Å²) in [5.41, 5.74) is 9.96. The van der Waals surface area contributed by atoms with Crippen molar-refractivity contribution in [2.75, 3.05) is 7.11 Å². The van der Waals surface area contributed by atoms with E-state index in [2.05, 4.69) is 21.0 Å². The van der Waals surface area contributed by atoms with Crippen LogP contribution in [0.3, 0.4) is 0 Å². The van der Waals surface area contributed by atoms with Gasteiger partial charge in [0.25, 0.3) is 0 Å². The van der Waals surface area contributed by atoms with Crippen LogP contribution in [0, 0.1) is 6.92 Å². The average Bonchev–Trinajstić information content (AvgIpc) is 2.53. The Morgan fingerprint density at radius 1 is 1.10 bits per heavy atom. The Labute approximate surface area is 122 Å². The van der Waals surface area contributed by atoms with Crippen molar-refractivity contribution in [2.24, 2.45) is 5.73 Å². The molecule has 21 heavy (non-hydrogen) atoms. The molecular weight excluding hydrogens is 264 g/mol. The number of benzene rings is 1. The largest absolute Gasteiger partial charge is 0.481 e. The van der Waals surface area contributed by atoms with Gasteiger partial charge in [0.15, 0.2) is 0 Å². The molecule has 0 spiro atoms. The van der Waals surface area contributed by atoms with Crippen LogP contribution in [-0.4, -0.2) is 22.1 Å². The fourth-order valence-corrected chi connectivity index (χ4v) is 2.25. The molecule has 0 saturated carbocycles. The summed E-state index contributed by atoms with van der Waals surface area (Å²) in [5.74, 6) is 0.508. The molecule has 0 aliphatic rings. The quantitative estimate of drug-likeness (QED) is 0.797. The standard InChI is InChI=1S/C16H16N4O/c1-10-3-4-11-7-12(5-6-13(11)20-10)16(17)14-8-15(21-2)19-9-18-14/h3-9,16H,17H2,1-2H3. The van der Waals surface area contributed by atoms with E-state index in [1.807, 2.05) is 31.2 Å². The summed E-state index contributed by atoms with van der Waals surface area (Å²) < 4.78 is 5.11. The molecule has 2 N–H and O–H groups in total. The minimum atomic E-state index is -0.326. The first kappa shape index (κ1) is 13.5.